The summed E-state index contributed by atoms with van der Waals surface area (Å²) in [6.07, 6.45) is 2.46. The lowest BCUT2D eigenvalue weighted by atomic mass is 9.98. The van der Waals surface area contributed by atoms with Crippen LogP contribution in [-0.2, 0) is 11.3 Å². The van der Waals surface area contributed by atoms with Gasteiger partial charge in [-0.05, 0) is 47.4 Å². The van der Waals surface area contributed by atoms with Crippen LogP contribution in [0.25, 0.3) is 10.8 Å². The summed E-state index contributed by atoms with van der Waals surface area (Å²) < 4.78 is 10.8. The van der Waals surface area contributed by atoms with Crippen LogP contribution < -0.4 is 10.5 Å². The number of hydrogen-bond donors (Lipinski definition) is 1. The van der Waals surface area contributed by atoms with E-state index in [4.69, 9.17) is 15.2 Å². The molecule has 0 aromatic heterocycles. The lowest BCUT2D eigenvalue weighted by Gasteiger charge is -2.38. The first-order valence-corrected chi connectivity index (χ1v) is 8.27. The van der Waals surface area contributed by atoms with E-state index in [1.165, 1.54) is 16.3 Å². The molecule has 1 fully saturated rings. The predicted octanol–water partition coefficient (Wildman–Crippen LogP) is 3.21. The first-order valence-electron chi connectivity index (χ1n) is 8.27. The molecule has 2 N–H and O–H groups in total. The molecule has 1 saturated heterocycles. The third kappa shape index (κ3) is 4.19. The summed E-state index contributed by atoms with van der Waals surface area (Å²) in [4.78, 5) is 2.49. The van der Waals surface area contributed by atoms with Crippen LogP contribution in [0.2, 0.25) is 0 Å². The van der Waals surface area contributed by atoms with Gasteiger partial charge in [-0.3, -0.25) is 4.90 Å². The Kier molecular flexibility index (Phi) is 6.87. The summed E-state index contributed by atoms with van der Waals surface area (Å²) in [7, 11) is 3.50. The van der Waals surface area contributed by atoms with E-state index in [2.05, 4.69) is 35.2 Å². The van der Waals surface area contributed by atoms with E-state index >= 15 is 0 Å². The standard InChI is InChI=1S/C19H26N2O2.ClH/c1-22-18-6-5-15-9-14(3-4-16(15)10-18)13-21-8-7-19(23-2)11-17(21)12-20;/h3-6,9-10,17,19H,7-8,11-13,20H2,1-2H3;1H. The minimum Gasteiger partial charge on any atom is -0.497 e. The molecule has 132 valence electrons. The van der Waals surface area contributed by atoms with Crippen molar-refractivity contribution in [3.63, 3.8) is 0 Å². The van der Waals surface area contributed by atoms with Gasteiger partial charge in [0.05, 0.1) is 13.2 Å². The summed E-state index contributed by atoms with van der Waals surface area (Å²) in [6.45, 7) is 2.67. The summed E-state index contributed by atoms with van der Waals surface area (Å²) in [5, 5.41) is 2.46. The Morgan fingerprint density at radius 1 is 1.12 bits per heavy atom. The summed E-state index contributed by atoms with van der Waals surface area (Å²) >= 11 is 0. The fraction of sp³-hybridized carbons (Fsp3) is 0.474. The highest BCUT2D eigenvalue weighted by molar-refractivity contribution is 5.85. The van der Waals surface area contributed by atoms with Crippen molar-refractivity contribution in [2.24, 2.45) is 5.73 Å². The fourth-order valence-electron chi connectivity index (χ4n) is 3.46. The molecular weight excluding hydrogens is 324 g/mol. The molecule has 1 heterocycles. The fourth-order valence-corrected chi connectivity index (χ4v) is 3.46. The number of rotatable bonds is 5. The average molecular weight is 351 g/mol. The highest BCUT2D eigenvalue weighted by atomic mass is 35.5. The molecule has 1 aliphatic rings. The Morgan fingerprint density at radius 2 is 1.88 bits per heavy atom. The molecule has 0 radical (unpaired) electrons. The van der Waals surface area contributed by atoms with Crippen molar-refractivity contribution < 1.29 is 9.47 Å². The van der Waals surface area contributed by atoms with E-state index in [-0.39, 0.29) is 12.4 Å². The smallest absolute Gasteiger partial charge is 0.119 e. The maximum absolute atomic E-state index is 5.98. The van der Waals surface area contributed by atoms with Gasteiger partial charge >= 0.3 is 0 Å². The Labute approximate surface area is 150 Å². The van der Waals surface area contributed by atoms with E-state index in [1.807, 2.05) is 6.07 Å². The Balaban J connectivity index is 0.00000208. The maximum atomic E-state index is 5.98. The van der Waals surface area contributed by atoms with Crippen molar-refractivity contribution in [1.82, 2.24) is 4.90 Å². The molecule has 0 spiro atoms. The van der Waals surface area contributed by atoms with Gasteiger partial charge in [0.1, 0.15) is 5.75 Å². The lowest BCUT2D eigenvalue weighted by Crippen LogP contribution is -2.47. The molecular formula is C19H27ClN2O2. The number of benzene rings is 2. The second kappa shape index (κ2) is 8.67. The summed E-state index contributed by atoms with van der Waals surface area (Å²) in [5.74, 6) is 0.898. The molecule has 0 amide bonds. The van der Waals surface area contributed by atoms with E-state index in [9.17, 15) is 0 Å². The van der Waals surface area contributed by atoms with Gasteiger partial charge < -0.3 is 15.2 Å². The van der Waals surface area contributed by atoms with Crippen LogP contribution in [-0.4, -0.2) is 44.4 Å². The number of likely N-dealkylation sites (tertiary alicyclic amines) is 1. The molecule has 2 unspecified atom stereocenters. The Hall–Kier alpha value is -1.33. The summed E-state index contributed by atoms with van der Waals surface area (Å²) in [5.41, 5.74) is 7.31. The topological polar surface area (TPSA) is 47.7 Å². The van der Waals surface area contributed by atoms with Crippen LogP contribution in [0.3, 0.4) is 0 Å². The first-order chi connectivity index (χ1) is 11.2. The van der Waals surface area contributed by atoms with Gasteiger partial charge in [-0.2, -0.15) is 0 Å². The van der Waals surface area contributed by atoms with Gasteiger partial charge in [0, 0.05) is 32.8 Å². The van der Waals surface area contributed by atoms with E-state index < -0.39 is 0 Å². The number of ether oxygens (including phenoxy) is 2. The highest BCUT2D eigenvalue weighted by Crippen LogP contribution is 2.25. The molecule has 2 atom stereocenters. The van der Waals surface area contributed by atoms with E-state index in [0.717, 1.165) is 31.7 Å². The minimum atomic E-state index is 0. The third-order valence-corrected chi connectivity index (χ3v) is 4.89. The number of fused-ring (bicyclic) bond motifs is 1. The molecule has 5 heteroatoms. The maximum Gasteiger partial charge on any atom is 0.119 e. The normalized spacial score (nSPS) is 21.5. The number of hydrogen-bond acceptors (Lipinski definition) is 4. The van der Waals surface area contributed by atoms with Gasteiger partial charge in [-0.25, -0.2) is 0 Å². The van der Waals surface area contributed by atoms with Crippen molar-refractivity contribution in [3.05, 3.63) is 42.0 Å². The number of piperidine rings is 1. The van der Waals surface area contributed by atoms with Crippen molar-refractivity contribution in [1.29, 1.82) is 0 Å². The van der Waals surface area contributed by atoms with Gasteiger partial charge in [0.25, 0.3) is 0 Å². The number of nitrogens with two attached hydrogens (primary N) is 1. The van der Waals surface area contributed by atoms with Crippen molar-refractivity contribution >= 4 is 23.2 Å². The quantitative estimate of drug-likeness (QED) is 0.899. The zero-order chi connectivity index (χ0) is 16.2. The third-order valence-electron chi connectivity index (χ3n) is 4.89. The van der Waals surface area contributed by atoms with Crippen molar-refractivity contribution in [3.8, 4) is 5.75 Å². The van der Waals surface area contributed by atoms with Gasteiger partial charge in [-0.1, -0.05) is 18.2 Å². The highest BCUT2D eigenvalue weighted by Gasteiger charge is 2.27. The van der Waals surface area contributed by atoms with Crippen LogP contribution in [0.5, 0.6) is 5.75 Å². The molecule has 2 aromatic rings. The van der Waals surface area contributed by atoms with Gasteiger partial charge in [0.15, 0.2) is 0 Å². The van der Waals surface area contributed by atoms with Crippen molar-refractivity contribution in [2.75, 3.05) is 27.3 Å². The minimum absolute atomic E-state index is 0. The number of halogens is 1. The van der Waals surface area contributed by atoms with Gasteiger partial charge in [0.2, 0.25) is 0 Å². The van der Waals surface area contributed by atoms with Crippen LogP contribution in [0, 0.1) is 0 Å². The molecule has 0 bridgehead atoms. The SMILES string of the molecule is COc1ccc2cc(CN3CCC(OC)CC3CN)ccc2c1.Cl. The Morgan fingerprint density at radius 3 is 2.58 bits per heavy atom. The zero-order valence-electron chi connectivity index (χ0n) is 14.4. The molecule has 24 heavy (non-hydrogen) atoms. The molecule has 0 aliphatic carbocycles. The van der Waals surface area contributed by atoms with E-state index in [1.54, 1.807) is 14.2 Å². The number of nitrogens with zero attached hydrogens (tertiary/aromatic N) is 1. The number of methoxy groups -OCH3 is 2. The second-order valence-electron chi connectivity index (χ2n) is 6.29. The van der Waals surface area contributed by atoms with Crippen LogP contribution in [0.4, 0.5) is 0 Å². The van der Waals surface area contributed by atoms with Crippen LogP contribution >= 0.6 is 12.4 Å². The zero-order valence-corrected chi connectivity index (χ0v) is 15.2. The average Bonchev–Trinajstić information content (AvgIpc) is 2.61. The lowest BCUT2D eigenvalue weighted by molar-refractivity contribution is 0.0102. The van der Waals surface area contributed by atoms with Gasteiger partial charge in [-0.15, -0.1) is 12.4 Å². The van der Waals surface area contributed by atoms with Crippen LogP contribution in [0.1, 0.15) is 18.4 Å². The predicted molar refractivity (Wildman–Crippen MR) is 101 cm³/mol. The van der Waals surface area contributed by atoms with Crippen molar-refractivity contribution in [2.45, 2.75) is 31.5 Å². The second-order valence-corrected chi connectivity index (χ2v) is 6.29. The first kappa shape index (κ1) is 19.0. The molecule has 3 rings (SSSR count). The monoisotopic (exact) mass is 350 g/mol. The largest absolute Gasteiger partial charge is 0.497 e. The summed E-state index contributed by atoms with van der Waals surface area (Å²) in [6, 6.07) is 13.3. The van der Waals surface area contributed by atoms with E-state index in [0.29, 0.717) is 18.7 Å². The Bertz CT molecular complexity index is 665. The molecule has 4 nitrogen and oxygen atoms in total. The van der Waals surface area contributed by atoms with Crippen LogP contribution in [0.15, 0.2) is 36.4 Å². The molecule has 0 saturated carbocycles. The molecule has 1 aliphatic heterocycles. The molecule has 2 aromatic carbocycles.